The Hall–Kier alpha value is -2.07. The Morgan fingerprint density at radius 1 is 1.00 bits per heavy atom. The van der Waals surface area contributed by atoms with E-state index in [0.717, 1.165) is 57.0 Å². The van der Waals surface area contributed by atoms with E-state index >= 15 is 0 Å². The van der Waals surface area contributed by atoms with Gasteiger partial charge in [0.15, 0.2) is 0 Å². The molecule has 0 atom stereocenters. The highest BCUT2D eigenvalue weighted by atomic mass is 16.5. The Morgan fingerprint density at radius 3 is 2.34 bits per heavy atom. The molecule has 1 heterocycles. The van der Waals surface area contributed by atoms with Crippen LogP contribution >= 0.6 is 0 Å². The van der Waals surface area contributed by atoms with Crippen LogP contribution in [-0.4, -0.2) is 36.7 Å². The summed E-state index contributed by atoms with van der Waals surface area (Å²) in [5, 5.41) is 2.61. The summed E-state index contributed by atoms with van der Waals surface area (Å²) in [7, 11) is 0. The third-order valence-electron chi connectivity index (χ3n) is 7.58. The third kappa shape index (κ3) is 5.28. The average molecular weight is 438 g/mol. The SMILES string of the molecule is CCOC(=O)C1CCN(Cc2c(OC3CCC(CC)CC3)cc(C)c3ccccc23)CC1. The van der Waals surface area contributed by atoms with Crippen molar-refractivity contribution in [1.29, 1.82) is 0 Å². The van der Waals surface area contributed by atoms with Gasteiger partial charge in [0.2, 0.25) is 0 Å². The molecule has 174 valence electrons. The second kappa shape index (κ2) is 10.7. The van der Waals surface area contributed by atoms with Crippen LogP contribution in [0.2, 0.25) is 0 Å². The van der Waals surface area contributed by atoms with Crippen molar-refractivity contribution in [2.24, 2.45) is 11.8 Å². The number of benzene rings is 2. The number of fused-ring (bicyclic) bond motifs is 1. The predicted octanol–water partition coefficient (Wildman–Crippen LogP) is 6.27. The number of carbonyl (C=O) groups is 1. The summed E-state index contributed by atoms with van der Waals surface area (Å²) in [5.74, 6) is 1.95. The fraction of sp³-hybridized carbons (Fsp3) is 0.607. The van der Waals surface area contributed by atoms with Crippen molar-refractivity contribution in [1.82, 2.24) is 4.90 Å². The van der Waals surface area contributed by atoms with Gasteiger partial charge in [0.1, 0.15) is 5.75 Å². The molecule has 0 N–H and O–H groups in total. The summed E-state index contributed by atoms with van der Waals surface area (Å²) in [6.45, 7) is 9.57. The number of hydrogen-bond donors (Lipinski definition) is 0. The molecular weight excluding hydrogens is 398 g/mol. The summed E-state index contributed by atoms with van der Waals surface area (Å²) >= 11 is 0. The monoisotopic (exact) mass is 437 g/mol. The molecule has 0 amide bonds. The number of esters is 1. The first kappa shape index (κ1) is 23.1. The molecule has 32 heavy (non-hydrogen) atoms. The zero-order valence-electron chi connectivity index (χ0n) is 20.1. The number of likely N-dealkylation sites (tertiary alicyclic amines) is 1. The summed E-state index contributed by atoms with van der Waals surface area (Å²) in [6, 6.07) is 11.0. The zero-order valence-corrected chi connectivity index (χ0v) is 20.1. The smallest absolute Gasteiger partial charge is 0.309 e. The fourth-order valence-corrected chi connectivity index (χ4v) is 5.50. The van der Waals surface area contributed by atoms with E-state index in [2.05, 4.69) is 49.1 Å². The van der Waals surface area contributed by atoms with Gasteiger partial charge in [-0.25, -0.2) is 0 Å². The van der Waals surface area contributed by atoms with Gasteiger partial charge >= 0.3 is 5.97 Å². The van der Waals surface area contributed by atoms with E-state index in [1.807, 2.05) is 6.92 Å². The fourth-order valence-electron chi connectivity index (χ4n) is 5.50. The van der Waals surface area contributed by atoms with E-state index in [4.69, 9.17) is 9.47 Å². The van der Waals surface area contributed by atoms with E-state index in [1.54, 1.807) is 0 Å². The molecule has 1 aliphatic heterocycles. The van der Waals surface area contributed by atoms with Gasteiger partial charge in [-0.15, -0.1) is 0 Å². The highest BCUT2D eigenvalue weighted by molar-refractivity contribution is 5.90. The maximum Gasteiger partial charge on any atom is 0.309 e. The molecule has 4 heteroatoms. The standard InChI is InChI=1S/C28H39NO3/c1-4-21-10-12-23(13-11-21)32-27-18-20(3)24-8-6-7-9-25(24)26(27)19-29-16-14-22(15-17-29)28(30)31-5-2/h6-9,18,21-23H,4-5,10-17,19H2,1-3H3. The molecule has 0 unspecified atom stereocenters. The molecule has 2 aromatic carbocycles. The minimum absolute atomic E-state index is 0.0281. The number of nitrogens with zero attached hydrogens (tertiary/aromatic N) is 1. The van der Waals surface area contributed by atoms with Crippen LogP contribution in [0.3, 0.4) is 0 Å². The van der Waals surface area contributed by atoms with Crippen molar-refractivity contribution in [2.45, 2.75) is 78.4 Å². The van der Waals surface area contributed by atoms with Gasteiger partial charge < -0.3 is 9.47 Å². The first-order chi connectivity index (χ1) is 15.6. The van der Waals surface area contributed by atoms with Crippen molar-refractivity contribution in [3.63, 3.8) is 0 Å². The summed E-state index contributed by atoms with van der Waals surface area (Å²) in [4.78, 5) is 14.6. The minimum atomic E-state index is -0.0281. The predicted molar refractivity (Wildman–Crippen MR) is 130 cm³/mol. The van der Waals surface area contributed by atoms with Gasteiger partial charge in [0.05, 0.1) is 18.6 Å². The Bertz CT molecular complexity index is 908. The number of aryl methyl sites for hydroxylation is 1. The molecule has 2 aliphatic rings. The molecule has 1 aliphatic carbocycles. The normalized spacial score (nSPS) is 22.7. The number of carbonyl (C=O) groups excluding carboxylic acids is 1. The molecule has 0 radical (unpaired) electrons. The van der Waals surface area contributed by atoms with Crippen LogP contribution < -0.4 is 4.74 Å². The van der Waals surface area contributed by atoms with E-state index in [9.17, 15) is 4.79 Å². The lowest BCUT2D eigenvalue weighted by Crippen LogP contribution is -2.36. The molecule has 4 rings (SSSR count). The van der Waals surface area contributed by atoms with Crippen molar-refractivity contribution in [2.75, 3.05) is 19.7 Å². The van der Waals surface area contributed by atoms with Crippen molar-refractivity contribution in [3.05, 3.63) is 41.5 Å². The first-order valence-electron chi connectivity index (χ1n) is 12.7. The Balaban J connectivity index is 1.52. The summed E-state index contributed by atoms with van der Waals surface area (Å²) in [6.07, 6.45) is 8.25. The van der Waals surface area contributed by atoms with Gasteiger partial charge in [0, 0.05) is 12.1 Å². The van der Waals surface area contributed by atoms with Crippen molar-refractivity contribution >= 4 is 16.7 Å². The van der Waals surface area contributed by atoms with Crippen LogP contribution in [0.15, 0.2) is 30.3 Å². The van der Waals surface area contributed by atoms with Crippen molar-refractivity contribution in [3.8, 4) is 5.75 Å². The van der Waals surface area contributed by atoms with Gasteiger partial charge in [-0.1, -0.05) is 37.6 Å². The molecule has 0 aromatic heterocycles. The minimum Gasteiger partial charge on any atom is -0.490 e. The lowest BCUT2D eigenvalue weighted by atomic mass is 9.86. The van der Waals surface area contributed by atoms with Crippen LogP contribution in [-0.2, 0) is 16.1 Å². The molecule has 2 fully saturated rings. The van der Waals surface area contributed by atoms with Crippen LogP contribution in [0.4, 0.5) is 0 Å². The Morgan fingerprint density at radius 2 is 1.69 bits per heavy atom. The summed E-state index contributed by atoms with van der Waals surface area (Å²) in [5.41, 5.74) is 2.58. The van der Waals surface area contributed by atoms with Crippen LogP contribution in [0.5, 0.6) is 5.75 Å². The highest BCUT2D eigenvalue weighted by Crippen LogP contribution is 2.36. The maximum absolute atomic E-state index is 12.1. The van der Waals surface area contributed by atoms with Crippen molar-refractivity contribution < 1.29 is 14.3 Å². The molecule has 0 bridgehead atoms. The number of ether oxygens (including phenoxy) is 2. The van der Waals surface area contributed by atoms with E-state index < -0.39 is 0 Å². The van der Waals surface area contributed by atoms with Gasteiger partial charge in [-0.3, -0.25) is 9.69 Å². The second-order valence-corrected chi connectivity index (χ2v) is 9.69. The molecule has 1 saturated carbocycles. The number of piperidine rings is 1. The quantitative estimate of drug-likeness (QED) is 0.479. The Labute approximate surface area is 193 Å². The van der Waals surface area contributed by atoms with E-state index in [-0.39, 0.29) is 11.9 Å². The molecule has 2 aromatic rings. The second-order valence-electron chi connectivity index (χ2n) is 9.69. The van der Waals surface area contributed by atoms with Crippen LogP contribution in [0.25, 0.3) is 10.8 Å². The first-order valence-corrected chi connectivity index (χ1v) is 12.7. The van der Waals surface area contributed by atoms with Crippen LogP contribution in [0.1, 0.15) is 69.9 Å². The highest BCUT2D eigenvalue weighted by Gasteiger charge is 2.28. The lowest BCUT2D eigenvalue weighted by Gasteiger charge is -2.33. The zero-order chi connectivity index (χ0) is 22.5. The Kier molecular flexibility index (Phi) is 7.72. The molecule has 0 spiro atoms. The summed E-state index contributed by atoms with van der Waals surface area (Å²) < 4.78 is 11.9. The largest absolute Gasteiger partial charge is 0.490 e. The molecular formula is C28H39NO3. The number of rotatable bonds is 7. The number of hydrogen-bond acceptors (Lipinski definition) is 4. The molecule has 4 nitrogen and oxygen atoms in total. The van der Waals surface area contributed by atoms with Gasteiger partial charge in [0.25, 0.3) is 0 Å². The van der Waals surface area contributed by atoms with Gasteiger partial charge in [-0.05, 0) is 93.8 Å². The van der Waals surface area contributed by atoms with Gasteiger partial charge in [-0.2, -0.15) is 0 Å². The lowest BCUT2D eigenvalue weighted by molar-refractivity contribution is -0.149. The third-order valence-corrected chi connectivity index (χ3v) is 7.58. The van der Waals surface area contributed by atoms with E-state index in [1.165, 1.54) is 41.2 Å². The van der Waals surface area contributed by atoms with E-state index in [0.29, 0.717) is 12.7 Å². The molecule has 1 saturated heterocycles. The average Bonchev–Trinajstić information content (AvgIpc) is 2.82. The maximum atomic E-state index is 12.1. The van der Waals surface area contributed by atoms with Crippen LogP contribution in [0, 0.1) is 18.8 Å². The topological polar surface area (TPSA) is 38.8 Å².